The molecule has 6 nitrogen and oxygen atoms in total. The molecule has 1 heterocycles. The average Bonchev–Trinajstić information content (AvgIpc) is 2.75. The first-order valence-electron chi connectivity index (χ1n) is 9.73. The van der Waals surface area contributed by atoms with Gasteiger partial charge in [-0.05, 0) is 48.6 Å². The van der Waals surface area contributed by atoms with Crippen LogP contribution in [0, 0.1) is 5.82 Å². The molecule has 1 fully saturated rings. The van der Waals surface area contributed by atoms with Crippen molar-refractivity contribution >= 4 is 15.9 Å². The molecule has 1 N–H and O–H groups in total. The van der Waals surface area contributed by atoms with E-state index >= 15 is 0 Å². The molecule has 2 aromatic rings. The summed E-state index contributed by atoms with van der Waals surface area (Å²) >= 11 is 0. The number of fused-ring (bicyclic) bond motifs is 1. The molecule has 0 bridgehead atoms. The number of carbonyl (C=O) groups is 1. The lowest BCUT2D eigenvalue weighted by molar-refractivity contribution is 0.0730. The third-order valence-electron chi connectivity index (χ3n) is 5.47. The number of nitrogens with zero attached hydrogens (tertiary/aromatic N) is 1. The van der Waals surface area contributed by atoms with Gasteiger partial charge in [-0.15, -0.1) is 0 Å². The monoisotopic (exact) mass is 418 g/mol. The van der Waals surface area contributed by atoms with Crippen molar-refractivity contribution in [1.82, 2.24) is 9.62 Å². The van der Waals surface area contributed by atoms with Gasteiger partial charge >= 0.3 is 0 Å². The first kappa shape index (κ1) is 20.0. The Balaban J connectivity index is 1.59. The number of aryl methyl sites for hydroxylation is 1. The maximum absolute atomic E-state index is 14.4. The number of nitrogens with one attached hydrogen (secondary N) is 1. The lowest BCUT2D eigenvalue weighted by Gasteiger charge is -2.27. The van der Waals surface area contributed by atoms with Crippen LogP contribution in [-0.2, 0) is 21.2 Å². The van der Waals surface area contributed by atoms with Crippen molar-refractivity contribution in [2.45, 2.75) is 30.2 Å². The van der Waals surface area contributed by atoms with E-state index in [0.29, 0.717) is 13.2 Å². The number of halogens is 1. The highest BCUT2D eigenvalue weighted by atomic mass is 32.2. The molecule has 1 amide bonds. The smallest absolute Gasteiger partial charge is 0.254 e. The highest BCUT2D eigenvalue weighted by Gasteiger charge is 2.29. The summed E-state index contributed by atoms with van der Waals surface area (Å²) in [6, 6.07) is 11.0. The van der Waals surface area contributed by atoms with E-state index in [4.69, 9.17) is 4.74 Å². The fourth-order valence-corrected chi connectivity index (χ4v) is 5.35. The Morgan fingerprint density at radius 2 is 1.90 bits per heavy atom. The van der Waals surface area contributed by atoms with E-state index in [2.05, 4.69) is 5.32 Å². The standard InChI is InChI=1S/C21H23FN2O4S/c22-19-9-8-16(29(26,27)24-10-12-28-13-11-24)14-18(19)21(25)23-20-7-3-5-15-4-1-2-6-17(15)20/h1-2,4,6,8-9,14,20H,3,5,7,10-13H2,(H,23,25)/t20-/m1/s1. The molecular formula is C21H23FN2O4S. The number of amides is 1. The van der Waals surface area contributed by atoms with Crippen LogP contribution in [0.15, 0.2) is 47.4 Å². The second-order valence-electron chi connectivity index (χ2n) is 7.28. The number of hydrogen-bond donors (Lipinski definition) is 1. The zero-order chi connectivity index (χ0) is 20.4. The predicted octanol–water partition coefficient (Wildman–Crippen LogP) is 2.65. The number of sulfonamides is 1. The summed E-state index contributed by atoms with van der Waals surface area (Å²) in [4.78, 5) is 12.7. The van der Waals surface area contributed by atoms with E-state index in [9.17, 15) is 17.6 Å². The van der Waals surface area contributed by atoms with Crippen LogP contribution in [-0.4, -0.2) is 44.9 Å². The zero-order valence-corrected chi connectivity index (χ0v) is 16.8. The number of ether oxygens (including phenoxy) is 1. The summed E-state index contributed by atoms with van der Waals surface area (Å²) in [6.45, 7) is 1.10. The van der Waals surface area contributed by atoms with Crippen LogP contribution in [0.4, 0.5) is 4.39 Å². The number of rotatable bonds is 4. The molecule has 29 heavy (non-hydrogen) atoms. The fourth-order valence-electron chi connectivity index (χ4n) is 3.91. The van der Waals surface area contributed by atoms with E-state index < -0.39 is 21.7 Å². The van der Waals surface area contributed by atoms with E-state index in [1.54, 1.807) is 0 Å². The molecule has 0 saturated carbocycles. The molecule has 8 heteroatoms. The van der Waals surface area contributed by atoms with E-state index in [0.717, 1.165) is 37.0 Å². The van der Waals surface area contributed by atoms with Gasteiger partial charge in [-0.1, -0.05) is 24.3 Å². The molecule has 1 atom stereocenters. The first-order chi connectivity index (χ1) is 14.0. The second kappa shape index (κ2) is 8.22. The van der Waals surface area contributed by atoms with Crippen LogP contribution >= 0.6 is 0 Å². The van der Waals surface area contributed by atoms with Crippen molar-refractivity contribution in [2.75, 3.05) is 26.3 Å². The summed E-state index contributed by atoms with van der Waals surface area (Å²) in [7, 11) is -3.81. The largest absolute Gasteiger partial charge is 0.379 e. The number of carbonyl (C=O) groups excluding carboxylic acids is 1. The molecule has 1 aliphatic heterocycles. The van der Waals surface area contributed by atoms with E-state index in [-0.39, 0.29) is 29.6 Å². The molecule has 2 aliphatic rings. The first-order valence-corrected chi connectivity index (χ1v) is 11.2. The van der Waals surface area contributed by atoms with Gasteiger partial charge in [-0.3, -0.25) is 4.79 Å². The van der Waals surface area contributed by atoms with Crippen molar-refractivity contribution in [3.05, 3.63) is 65.0 Å². The molecular weight excluding hydrogens is 395 g/mol. The average molecular weight is 418 g/mol. The maximum atomic E-state index is 14.4. The van der Waals surface area contributed by atoms with Gasteiger partial charge in [0.15, 0.2) is 0 Å². The van der Waals surface area contributed by atoms with Crippen LogP contribution in [0.2, 0.25) is 0 Å². The Morgan fingerprint density at radius 1 is 1.14 bits per heavy atom. The Kier molecular flexibility index (Phi) is 5.67. The van der Waals surface area contributed by atoms with Crippen LogP contribution < -0.4 is 5.32 Å². The molecule has 0 spiro atoms. The van der Waals surface area contributed by atoms with Gasteiger partial charge < -0.3 is 10.1 Å². The third-order valence-corrected chi connectivity index (χ3v) is 7.36. The van der Waals surface area contributed by atoms with Gasteiger partial charge in [-0.25, -0.2) is 12.8 Å². The van der Waals surface area contributed by atoms with Crippen molar-refractivity contribution in [2.24, 2.45) is 0 Å². The highest BCUT2D eigenvalue weighted by molar-refractivity contribution is 7.89. The maximum Gasteiger partial charge on any atom is 0.254 e. The van der Waals surface area contributed by atoms with Crippen LogP contribution in [0.3, 0.4) is 0 Å². The molecule has 1 aliphatic carbocycles. The molecule has 1 saturated heterocycles. The summed E-state index contributed by atoms with van der Waals surface area (Å²) in [5.41, 5.74) is 1.94. The summed E-state index contributed by atoms with van der Waals surface area (Å²) < 4.78 is 46.6. The van der Waals surface area contributed by atoms with Gasteiger partial charge in [0.2, 0.25) is 10.0 Å². The Hall–Kier alpha value is -2.29. The van der Waals surface area contributed by atoms with Crippen LogP contribution in [0.25, 0.3) is 0 Å². The molecule has 2 aromatic carbocycles. The minimum absolute atomic E-state index is 0.0880. The second-order valence-corrected chi connectivity index (χ2v) is 9.21. The van der Waals surface area contributed by atoms with Crippen molar-refractivity contribution < 1.29 is 22.3 Å². The quantitative estimate of drug-likeness (QED) is 0.828. The third kappa shape index (κ3) is 4.05. The van der Waals surface area contributed by atoms with Gasteiger partial charge in [0.25, 0.3) is 5.91 Å². The van der Waals surface area contributed by atoms with E-state index in [1.165, 1.54) is 15.9 Å². The van der Waals surface area contributed by atoms with Crippen molar-refractivity contribution in [3.8, 4) is 0 Å². The van der Waals surface area contributed by atoms with Crippen molar-refractivity contribution in [1.29, 1.82) is 0 Å². The van der Waals surface area contributed by atoms with E-state index in [1.807, 2.05) is 24.3 Å². The Labute approximate surface area is 169 Å². The van der Waals surface area contributed by atoms with Crippen molar-refractivity contribution in [3.63, 3.8) is 0 Å². The number of hydrogen-bond acceptors (Lipinski definition) is 4. The molecule has 0 unspecified atom stereocenters. The molecule has 154 valence electrons. The Bertz CT molecular complexity index is 1020. The molecule has 0 radical (unpaired) electrons. The van der Waals surface area contributed by atoms with Gasteiger partial charge in [0, 0.05) is 13.1 Å². The van der Waals surface area contributed by atoms with Crippen LogP contribution in [0.1, 0.15) is 40.4 Å². The fraction of sp³-hybridized carbons (Fsp3) is 0.381. The normalized spacial score (nSPS) is 20.1. The Morgan fingerprint density at radius 3 is 2.69 bits per heavy atom. The molecule has 4 rings (SSSR count). The summed E-state index contributed by atoms with van der Waals surface area (Å²) in [5, 5.41) is 2.88. The summed E-state index contributed by atoms with van der Waals surface area (Å²) in [5.74, 6) is -1.35. The minimum atomic E-state index is -3.81. The number of benzene rings is 2. The topological polar surface area (TPSA) is 75.7 Å². The van der Waals surface area contributed by atoms with Gasteiger partial charge in [-0.2, -0.15) is 4.31 Å². The lowest BCUT2D eigenvalue weighted by Crippen LogP contribution is -2.40. The van der Waals surface area contributed by atoms with Crippen LogP contribution in [0.5, 0.6) is 0 Å². The minimum Gasteiger partial charge on any atom is -0.379 e. The highest BCUT2D eigenvalue weighted by Crippen LogP contribution is 2.30. The van der Waals surface area contributed by atoms with Gasteiger partial charge in [0.05, 0.1) is 29.7 Å². The lowest BCUT2D eigenvalue weighted by atomic mass is 9.87. The summed E-state index contributed by atoms with van der Waals surface area (Å²) in [6.07, 6.45) is 2.64. The zero-order valence-electron chi connectivity index (χ0n) is 15.9. The SMILES string of the molecule is O=C(N[C@@H]1CCCc2ccccc21)c1cc(S(=O)(=O)N2CCOCC2)ccc1F. The molecule has 0 aromatic heterocycles. The number of morpholine rings is 1. The predicted molar refractivity (Wildman–Crippen MR) is 106 cm³/mol. The van der Waals surface area contributed by atoms with Gasteiger partial charge in [0.1, 0.15) is 5.82 Å².